The van der Waals surface area contributed by atoms with E-state index in [0.29, 0.717) is 62.2 Å². The molecule has 0 saturated heterocycles. The largest absolute Gasteiger partial charge is 0.493 e. The number of carbonyl (C=O) groups excluding carboxylic acids is 1. The minimum absolute atomic E-state index is 0.153. The van der Waals surface area contributed by atoms with Gasteiger partial charge < -0.3 is 32.8 Å². The van der Waals surface area contributed by atoms with Crippen molar-refractivity contribution in [2.24, 2.45) is 0 Å². The van der Waals surface area contributed by atoms with Gasteiger partial charge in [-0.3, -0.25) is 4.79 Å². The highest BCUT2D eigenvalue weighted by molar-refractivity contribution is 5.98. The highest BCUT2D eigenvalue weighted by Gasteiger charge is 2.22. The van der Waals surface area contributed by atoms with Gasteiger partial charge >= 0.3 is 5.97 Å². The average Bonchev–Trinajstić information content (AvgIpc) is 3.14. The van der Waals surface area contributed by atoms with Crippen LogP contribution in [-0.2, 0) is 0 Å². The van der Waals surface area contributed by atoms with Crippen LogP contribution in [0, 0.1) is 13.8 Å². The fraction of sp³-hybridized carbons (Fsp3) is 0.241. The van der Waals surface area contributed by atoms with Crippen molar-refractivity contribution in [1.82, 2.24) is 0 Å². The molecule has 1 heterocycles. The van der Waals surface area contributed by atoms with Crippen LogP contribution in [0.15, 0.2) is 51.7 Å². The third-order valence-electron chi connectivity index (χ3n) is 6.15. The van der Waals surface area contributed by atoms with Gasteiger partial charge in [0.2, 0.25) is 5.75 Å². The topological polar surface area (TPSA) is 103 Å². The summed E-state index contributed by atoms with van der Waals surface area (Å²) in [4.78, 5) is 26.7. The van der Waals surface area contributed by atoms with Crippen LogP contribution in [0.1, 0.15) is 21.9 Å². The normalized spacial score (nSPS) is 10.7. The Hall–Kier alpha value is -4.66. The highest BCUT2D eigenvalue weighted by atomic mass is 16.5. The van der Waals surface area contributed by atoms with E-state index in [0.717, 1.165) is 0 Å². The van der Waals surface area contributed by atoms with Crippen LogP contribution in [0.3, 0.4) is 0 Å². The van der Waals surface area contributed by atoms with Gasteiger partial charge in [-0.25, -0.2) is 4.79 Å². The number of fused-ring (bicyclic) bond motifs is 1. The van der Waals surface area contributed by atoms with Crippen LogP contribution in [0.25, 0.3) is 21.9 Å². The molecule has 0 amide bonds. The van der Waals surface area contributed by atoms with Gasteiger partial charge in [-0.1, -0.05) is 6.07 Å². The summed E-state index contributed by atoms with van der Waals surface area (Å²) in [6.45, 7) is 3.40. The standard InChI is InChI=1S/C29H28O9/c1-15-26-20(30)10-18(17-8-9-21(32-3)22(11-17)33-4)12-23(27(26)16(2)37-15)38-29(31)19-13-24(34-5)28(36-7)25(14-19)35-6/h8-14H,1-7H3. The van der Waals surface area contributed by atoms with E-state index in [4.69, 9.17) is 32.8 Å². The summed E-state index contributed by atoms with van der Waals surface area (Å²) in [5.74, 6) is 2.28. The Morgan fingerprint density at radius 2 is 1.21 bits per heavy atom. The quantitative estimate of drug-likeness (QED) is 0.285. The second-order valence-electron chi connectivity index (χ2n) is 8.31. The van der Waals surface area contributed by atoms with Crippen LogP contribution in [-0.4, -0.2) is 41.5 Å². The van der Waals surface area contributed by atoms with Crippen LogP contribution < -0.4 is 33.8 Å². The minimum atomic E-state index is -0.694. The van der Waals surface area contributed by atoms with Crippen molar-refractivity contribution in [1.29, 1.82) is 0 Å². The van der Waals surface area contributed by atoms with E-state index < -0.39 is 5.97 Å². The van der Waals surface area contributed by atoms with Gasteiger partial charge in [-0.2, -0.15) is 0 Å². The lowest BCUT2D eigenvalue weighted by atomic mass is 10.1. The molecule has 0 atom stereocenters. The van der Waals surface area contributed by atoms with E-state index in [1.807, 2.05) is 0 Å². The molecule has 0 unspecified atom stereocenters. The van der Waals surface area contributed by atoms with Crippen molar-refractivity contribution in [3.8, 4) is 45.6 Å². The number of rotatable bonds is 8. The minimum Gasteiger partial charge on any atom is -0.493 e. The van der Waals surface area contributed by atoms with Crippen molar-refractivity contribution in [3.63, 3.8) is 0 Å². The predicted molar refractivity (Wildman–Crippen MR) is 142 cm³/mol. The van der Waals surface area contributed by atoms with Crippen LogP contribution >= 0.6 is 0 Å². The van der Waals surface area contributed by atoms with Gasteiger partial charge in [0.05, 0.1) is 51.9 Å². The number of furan rings is 1. The van der Waals surface area contributed by atoms with Gasteiger partial charge in [-0.05, 0) is 61.4 Å². The average molecular weight is 521 g/mol. The van der Waals surface area contributed by atoms with E-state index in [-0.39, 0.29) is 16.7 Å². The Labute approximate surface area is 219 Å². The SMILES string of the molecule is COc1ccc(-c2cc(OC(=O)c3cc(OC)c(OC)c(OC)c3)c3c(C)oc(C)c3c(=O)c2)cc1OC. The number of hydrogen-bond donors (Lipinski definition) is 0. The number of carbonyl (C=O) groups is 1. The van der Waals surface area contributed by atoms with E-state index >= 15 is 0 Å². The number of aryl methyl sites for hydroxylation is 2. The van der Waals surface area contributed by atoms with Gasteiger partial charge in [0.1, 0.15) is 17.3 Å². The summed E-state index contributed by atoms with van der Waals surface area (Å²) in [7, 11) is 7.45. The number of benzene rings is 2. The molecule has 1 aromatic heterocycles. The monoisotopic (exact) mass is 520 g/mol. The first kappa shape index (κ1) is 26.4. The molecule has 0 aliphatic carbocycles. The molecule has 0 fully saturated rings. The first-order chi connectivity index (χ1) is 18.3. The maximum atomic E-state index is 13.4. The maximum absolute atomic E-state index is 13.4. The van der Waals surface area contributed by atoms with Crippen molar-refractivity contribution >= 4 is 16.7 Å². The molecule has 9 nitrogen and oxygen atoms in total. The van der Waals surface area contributed by atoms with E-state index in [1.54, 1.807) is 38.1 Å². The van der Waals surface area contributed by atoms with Gasteiger partial charge in [0.15, 0.2) is 28.4 Å². The Morgan fingerprint density at radius 1 is 0.632 bits per heavy atom. The molecule has 4 rings (SSSR count). The molecule has 4 aromatic rings. The predicted octanol–water partition coefficient (Wildman–Crippen LogP) is 5.34. The maximum Gasteiger partial charge on any atom is 0.343 e. The molecule has 0 saturated carbocycles. The molecule has 0 aliphatic rings. The first-order valence-electron chi connectivity index (χ1n) is 11.6. The molecular weight excluding hydrogens is 492 g/mol. The third-order valence-corrected chi connectivity index (χ3v) is 6.15. The Balaban J connectivity index is 1.92. The summed E-state index contributed by atoms with van der Waals surface area (Å²) < 4.78 is 38.5. The second-order valence-corrected chi connectivity index (χ2v) is 8.31. The van der Waals surface area contributed by atoms with Crippen LogP contribution in [0.4, 0.5) is 0 Å². The summed E-state index contributed by atoms with van der Waals surface area (Å²) in [6, 6.07) is 11.4. The first-order valence-corrected chi connectivity index (χ1v) is 11.6. The zero-order valence-electron chi connectivity index (χ0n) is 22.2. The molecule has 38 heavy (non-hydrogen) atoms. The van der Waals surface area contributed by atoms with Crippen LogP contribution in [0.2, 0.25) is 0 Å². The van der Waals surface area contributed by atoms with Gasteiger partial charge in [-0.15, -0.1) is 0 Å². The molecular formula is C29H28O9. The van der Waals surface area contributed by atoms with Crippen molar-refractivity contribution in [3.05, 3.63) is 69.8 Å². The second kappa shape index (κ2) is 10.8. The number of ether oxygens (including phenoxy) is 6. The summed E-state index contributed by atoms with van der Waals surface area (Å²) in [5, 5.41) is 0.724. The smallest absolute Gasteiger partial charge is 0.343 e. The lowest BCUT2D eigenvalue weighted by molar-refractivity contribution is 0.0736. The molecule has 0 radical (unpaired) electrons. The number of hydrogen-bond acceptors (Lipinski definition) is 9. The Kier molecular flexibility index (Phi) is 7.47. The molecule has 3 aromatic carbocycles. The molecule has 9 heteroatoms. The van der Waals surface area contributed by atoms with Crippen LogP contribution in [0.5, 0.6) is 34.5 Å². The summed E-state index contributed by atoms with van der Waals surface area (Å²) >= 11 is 0. The zero-order valence-corrected chi connectivity index (χ0v) is 22.2. The van der Waals surface area contributed by atoms with Crippen molar-refractivity contribution in [2.75, 3.05) is 35.5 Å². The molecule has 0 bridgehead atoms. The molecule has 0 N–H and O–H groups in total. The summed E-state index contributed by atoms with van der Waals surface area (Å²) in [6.07, 6.45) is 0. The van der Waals surface area contributed by atoms with Crippen molar-refractivity contribution < 1.29 is 37.6 Å². The fourth-order valence-electron chi connectivity index (χ4n) is 4.37. The highest BCUT2D eigenvalue weighted by Crippen LogP contribution is 2.40. The zero-order chi connectivity index (χ0) is 27.6. The van der Waals surface area contributed by atoms with Crippen molar-refractivity contribution in [2.45, 2.75) is 13.8 Å². The van der Waals surface area contributed by atoms with Gasteiger partial charge in [0, 0.05) is 0 Å². The lowest BCUT2D eigenvalue weighted by Gasteiger charge is -2.14. The molecule has 0 aliphatic heterocycles. The molecule has 198 valence electrons. The summed E-state index contributed by atoms with van der Waals surface area (Å²) in [5.41, 5.74) is 1.05. The van der Waals surface area contributed by atoms with E-state index in [2.05, 4.69) is 0 Å². The number of esters is 1. The molecule has 0 spiro atoms. The third kappa shape index (κ3) is 4.70. The number of methoxy groups -OCH3 is 5. The van der Waals surface area contributed by atoms with E-state index in [9.17, 15) is 9.59 Å². The fourth-order valence-corrected chi connectivity index (χ4v) is 4.37. The Bertz CT molecular complexity index is 1560. The lowest BCUT2D eigenvalue weighted by Crippen LogP contribution is -2.10. The van der Waals surface area contributed by atoms with Gasteiger partial charge in [0.25, 0.3) is 0 Å². The van der Waals surface area contributed by atoms with E-state index in [1.165, 1.54) is 53.7 Å². The Morgan fingerprint density at radius 3 is 1.79 bits per heavy atom.